The fraction of sp³-hybridized carbons (Fsp3) is 0.421. The maximum Gasteiger partial charge on any atom is 0.224 e. The van der Waals surface area contributed by atoms with Gasteiger partial charge in [-0.2, -0.15) is 0 Å². The third kappa shape index (κ3) is 5.73. The molecule has 0 spiro atoms. The lowest BCUT2D eigenvalue weighted by Crippen LogP contribution is -2.27. The number of hydrogen-bond acceptors (Lipinski definition) is 3. The van der Waals surface area contributed by atoms with E-state index < -0.39 is 6.10 Å². The summed E-state index contributed by atoms with van der Waals surface area (Å²) >= 11 is 1.81. The van der Waals surface area contributed by atoms with E-state index in [0.29, 0.717) is 24.6 Å². The maximum absolute atomic E-state index is 12.0. The number of aliphatic hydroxyl groups is 1. The van der Waals surface area contributed by atoms with Crippen LogP contribution in [0.5, 0.6) is 0 Å². The molecule has 1 unspecified atom stereocenters. The Morgan fingerprint density at radius 3 is 2.54 bits per heavy atom. The molecule has 4 nitrogen and oxygen atoms in total. The Morgan fingerprint density at radius 2 is 1.96 bits per heavy atom. The second-order valence-corrected chi connectivity index (χ2v) is 7.84. The molecule has 1 heterocycles. The van der Waals surface area contributed by atoms with Crippen molar-refractivity contribution in [3.8, 4) is 0 Å². The van der Waals surface area contributed by atoms with Crippen LogP contribution >= 0.6 is 11.8 Å². The number of hydrogen-bond donors (Lipinski definition) is 2. The molecule has 0 fully saturated rings. The Bertz CT molecular complexity index is 650. The number of nitrogens with one attached hydrogen (secondary N) is 1. The molecule has 0 aliphatic carbocycles. The summed E-state index contributed by atoms with van der Waals surface area (Å²) in [5.41, 5.74) is 1.87. The standard InChI is InChI=1S/C19H26N2O2S/c1-14(2)24-16-8-6-15(7-9-16)13-19(23)20-11-10-18(22)17-5-4-12-21(17)3/h4-9,12,14,18,22H,10-11,13H2,1-3H3,(H,20,23). The Labute approximate surface area is 148 Å². The molecule has 2 rings (SSSR count). The molecule has 130 valence electrons. The van der Waals surface area contributed by atoms with Crippen molar-refractivity contribution in [1.29, 1.82) is 0 Å². The number of carbonyl (C=O) groups excluding carboxylic acids is 1. The topological polar surface area (TPSA) is 54.3 Å². The molecule has 1 atom stereocenters. The summed E-state index contributed by atoms with van der Waals surface area (Å²) in [6, 6.07) is 11.9. The first-order valence-corrected chi connectivity index (χ1v) is 9.15. The van der Waals surface area contributed by atoms with Crippen molar-refractivity contribution < 1.29 is 9.90 Å². The van der Waals surface area contributed by atoms with E-state index in [1.165, 1.54) is 4.90 Å². The number of aromatic nitrogens is 1. The van der Waals surface area contributed by atoms with E-state index in [2.05, 4.69) is 31.3 Å². The van der Waals surface area contributed by atoms with Crippen LogP contribution in [-0.2, 0) is 18.3 Å². The van der Waals surface area contributed by atoms with Gasteiger partial charge in [-0.3, -0.25) is 4.79 Å². The van der Waals surface area contributed by atoms with Crippen molar-refractivity contribution in [2.45, 2.75) is 42.9 Å². The molecular weight excluding hydrogens is 320 g/mol. The number of rotatable bonds is 8. The lowest BCUT2D eigenvalue weighted by atomic mass is 10.1. The minimum absolute atomic E-state index is 0.0154. The Morgan fingerprint density at radius 1 is 1.25 bits per heavy atom. The summed E-state index contributed by atoms with van der Waals surface area (Å²) in [6.45, 7) is 4.79. The van der Waals surface area contributed by atoms with Crippen LogP contribution in [0, 0.1) is 0 Å². The van der Waals surface area contributed by atoms with Gasteiger partial charge in [0, 0.05) is 35.6 Å². The Hall–Kier alpha value is -1.72. The summed E-state index contributed by atoms with van der Waals surface area (Å²) in [4.78, 5) is 13.2. The van der Waals surface area contributed by atoms with Crippen LogP contribution in [0.1, 0.15) is 37.6 Å². The highest BCUT2D eigenvalue weighted by Gasteiger charge is 2.11. The van der Waals surface area contributed by atoms with E-state index in [-0.39, 0.29) is 5.91 Å². The van der Waals surface area contributed by atoms with Crippen LogP contribution in [0.2, 0.25) is 0 Å². The van der Waals surface area contributed by atoms with Crippen LogP contribution in [0.4, 0.5) is 0 Å². The zero-order chi connectivity index (χ0) is 17.5. The molecular formula is C19H26N2O2S. The number of carbonyl (C=O) groups is 1. The summed E-state index contributed by atoms with van der Waals surface area (Å²) in [5, 5.41) is 13.5. The Kier molecular flexibility index (Phi) is 6.94. The molecule has 0 bridgehead atoms. The van der Waals surface area contributed by atoms with Gasteiger partial charge in [-0.05, 0) is 36.2 Å². The van der Waals surface area contributed by atoms with Crippen molar-refractivity contribution in [1.82, 2.24) is 9.88 Å². The monoisotopic (exact) mass is 346 g/mol. The van der Waals surface area contributed by atoms with Crippen LogP contribution in [0.15, 0.2) is 47.5 Å². The Balaban J connectivity index is 1.74. The van der Waals surface area contributed by atoms with E-state index in [4.69, 9.17) is 0 Å². The van der Waals surface area contributed by atoms with E-state index in [1.807, 2.05) is 53.8 Å². The largest absolute Gasteiger partial charge is 0.387 e. The third-order valence-electron chi connectivity index (χ3n) is 3.73. The molecule has 0 saturated carbocycles. The van der Waals surface area contributed by atoms with Gasteiger partial charge < -0.3 is 15.0 Å². The van der Waals surface area contributed by atoms with Crippen molar-refractivity contribution in [3.05, 3.63) is 53.9 Å². The number of nitrogens with zero attached hydrogens (tertiary/aromatic N) is 1. The normalized spacial score (nSPS) is 12.4. The van der Waals surface area contributed by atoms with Gasteiger partial charge in [0.15, 0.2) is 0 Å². The van der Waals surface area contributed by atoms with Crippen LogP contribution in [0.25, 0.3) is 0 Å². The smallest absolute Gasteiger partial charge is 0.224 e. The second-order valence-electron chi connectivity index (χ2n) is 6.19. The molecule has 0 saturated heterocycles. The van der Waals surface area contributed by atoms with Crippen molar-refractivity contribution in [2.75, 3.05) is 6.54 Å². The highest BCUT2D eigenvalue weighted by molar-refractivity contribution is 7.99. The summed E-state index contributed by atoms with van der Waals surface area (Å²) in [7, 11) is 1.90. The predicted octanol–water partition coefficient (Wildman–Crippen LogP) is 3.31. The van der Waals surface area contributed by atoms with Crippen molar-refractivity contribution >= 4 is 17.7 Å². The average molecular weight is 346 g/mol. The third-order valence-corrected chi connectivity index (χ3v) is 4.74. The van der Waals surface area contributed by atoms with Gasteiger partial charge in [-0.15, -0.1) is 11.8 Å². The van der Waals surface area contributed by atoms with E-state index in [9.17, 15) is 9.90 Å². The van der Waals surface area contributed by atoms with E-state index >= 15 is 0 Å². The van der Waals surface area contributed by atoms with Gasteiger partial charge in [0.1, 0.15) is 0 Å². The lowest BCUT2D eigenvalue weighted by molar-refractivity contribution is -0.120. The maximum atomic E-state index is 12.0. The highest BCUT2D eigenvalue weighted by atomic mass is 32.2. The van der Waals surface area contributed by atoms with Gasteiger partial charge in [0.2, 0.25) is 5.91 Å². The van der Waals surface area contributed by atoms with E-state index in [1.54, 1.807) is 0 Å². The molecule has 5 heteroatoms. The first-order chi connectivity index (χ1) is 11.5. The minimum Gasteiger partial charge on any atom is -0.387 e. The SMILES string of the molecule is CC(C)Sc1ccc(CC(=O)NCCC(O)c2cccn2C)cc1. The number of thioether (sulfide) groups is 1. The molecule has 24 heavy (non-hydrogen) atoms. The van der Waals surface area contributed by atoms with Crippen molar-refractivity contribution in [2.24, 2.45) is 7.05 Å². The fourth-order valence-corrected chi connectivity index (χ4v) is 3.36. The molecule has 1 amide bonds. The lowest BCUT2D eigenvalue weighted by Gasteiger charge is -2.12. The van der Waals surface area contributed by atoms with Gasteiger partial charge in [0.05, 0.1) is 12.5 Å². The number of aliphatic hydroxyl groups excluding tert-OH is 1. The van der Waals surface area contributed by atoms with Gasteiger partial charge in [-0.1, -0.05) is 26.0 Å². The molecule has 1 aromatic carbocycles. The quantitative estimate of drug-likeness (QED) is 0.721. The number of benzene rings is 1. The summed E-state index contributed by atoms with van der Waals surface area (Å²) in [6.07, 6.45) is 2.22. The van der Waals surface area contributed by atoms with Gasteiger partial charge in [-0.25, -0.2) is 0 Å². The number of amides is 1. The summed E-state index contributed by atoms with van der Waals surface area (Å²) < 4.78 is 1.89. The molecule has 2 aromatic rings. The molecule has 1 aromatic heterocycles. The zero-order valence-corrected chi connectivity index (χ0v) is 15.3. The fourth-order valence-electron chi connectivity index (χ4n) is 2.52. The molecule has 2 N–H and O–H groups in total. The zero-order valence-electron chi connectivity index (χ0n) is 14.5. The highest BCUT2D eigenvalue weighted by Crippen LogP contribution is 2.23. The molecule has 0 radical (unpaired) electrons. The second kappa shape index (κ2) is 8.94. The van der Waals surface area contributed by atoms with Gasteiger partial charge >= 0.3 is 0 Å². The van der Waals surface area contributed by atoms with Crippen molar-refractivity contribution in [3.63, 3.8) is 0 Å². The van der Waals surface area contributed by atoms with Crippen LogP contribution < -0.4 is 5.32 Å². The average Bonchev–Trinajstić information content (AvgIpc) is 2.95. The van der Waals surface area contributed by atoms with E-state index in [0.717, 1.165) is 11.3 Å². The first kappa shape index (κ1) is 18.6. The summed E-state index contributed by atoms with van der Waals surface area (Å²) in [5.74, 6) is -0.0154. The first-order valence-electron chi connectivity index (χ1n) is 8.27. The van der Waals surface area contributed by atoms with Crippen LogP contribution in [0.3, 0.4) is 0 Å². The van der Waals surface area contributed by atoms with Gasteiger partial charge in [0.25, 0.3) is 0 Å². The van der Waals surface area contributed by atoms with Crippen LogP contribution in [-0.4, -0.2) is 27.4 Å². The minimum atomic E-state index is -0.558. The number of aryl methyl sites for hydroxylation is 1. The molecule has 0 aliphatic rings. The molecule has 0 aliphatic heterocycles. The predicted molar refractivity (Wildman–Crippen MR) is 99.1 cm³/mol.